The number of halogens is 1. The summed E-state index contributed by atoms with van der Waals surface area (Å²) in [4.78, 5) is 12.8. The van der Waals surface area contributed by atoms with Crippen molar-refractivity contribution in [1.29, 1.82) is 0 Å². The number of anilines is 1. The molecular weight excluding hydrogens is 346 g/mol. The molecule has 2 aromatic carbocycles. The zero-order valence-electron chi connectivity index (χ0n) is 15.8. The predicted molar refractivity (Wildman–Crippen MR) is 109 cm³/mol. The van der Waals surface area contributed by atoms with E-state index in [4.69, 9.17) is 16.3 Å². The minimum absolute atomic E-state index is 0.137. The second kappa shape index (κ2) is 10.2. The van der Waals surface area contributed by atoms with Gasteiger partial charge < -0.3 is 10.1 Å². The number of ether oxygens (including phenoxy) is 1. The molecule has 4 heteroatoms. The zero-order chi connectivity index (χ0) is 18.9. The Morgan fingerprint density at radius 1 is 1.04 bits per heavy atom. The summed E-state index contributed by atoms with van der Waals surface area (Å²) in [5.74, 6) is 0.416. The lowest BCUT2D eigenvalue weighted by atomic mass is 10.1. The molecule has 1 amide bonds. The van der Waals surface area contributed by atoms with E-state index >= 15 is 0 Å². The van der Waals surface area contributed by atoms with E-state index in [1.54, 1.807) is 0 Å². The third-order valence-corrected chi connectivity index (χ3v) is 4.58. The van der Waals surface area contributed by atoms with Gasteiger partial charge in [0.05, 0.1) is 5.02 Å². The van der Waals surface area contributed by atoms with Crippen LogP contribution in [0.15, 0.2) is 42.5 Å². The molecule has 0 aromatic heterocycles. The third-order valence-electron chi connectivity index (χ3n) is 4.29. The van der Waals surface area contributed by atoms with E-state index in [2.05, 4.69) is 12.2 Å². The second-order valence-electron chi connectivity index (χ2n) is 6.74. The van der Waals surface area contributed by atoms with Crippen LogP contribution in [-0.4, -0.2) is 12.0 Å². The maximum atomic E-state index is 12.8. The maximum absolute atomic E-state index is 12.8. The number of hydrogen-bond acceptors (Lipinski definition) is 2. The van der Waals surface area contributed by atoms with Crippen LogP contribution in [0.3, 0.4) is 0 Å². The molecule has 2 aromatic rings. The van der Waals surface area contributed by atoms with Crippen molar-refractivity contribution < 1.29 is 9.53 Å². The Bertz CT molecular complexity index is 713. The number of carbonyl (C=O) groups excluding carboxylic acids is 1. The molecular formula is C22H28ClNO2. The molecule has 0 aliphatic carbocycles. The van der Waals surface area contributed by atoms with Gasteiger partial charge in [-0.05, 0) is 56.5 Å². The lowest BCUT2D eigenvalue weighted by molar-refractivity contribution is -0.123. The summed E-state index contributed by atoms with van der Waals surface area (Å²) in [5.41, 5.74) is 2.99. The summed E-state index contributed by atoms with van der Waals surface area (Å²) in [5, 5.41) is 3.49. The number of amides is 1. The van der Waals surface area contributed by atoms with Crippen LogP contribution < -0.4 is 10.1 Å². The van der Waals surface area contributed by atoms with Gasteiger partial charge in [0.15, 0.2) is 6.10 Å². The van der Waals surface area contributed by atoms with E-state index in [1.165, 1.54) is 0 Å². The Morgan fingerprint density at radius 3 is 2.38 bits per heavy atom. The highest BCUT2D eigenvalue weighted by molar-refractivity contribution is 6.32. The van der Waals surface area contributed by atoms with E-state index < -0.39 is 6.10 Å². The Labute approximate surface area is 161 Å². The molecule has 140 valence electrons. The van der Waals surface area contributed by atoms with Gasteiger partial charge in [-0.25, -0.2) is 0 Å². The van der Waals surface area contributed by atoms with Gasteiger partial charge in [0.2, 0.25) is 0 Å². The molecule has 1 unspecified atom stereocenters. The number of nitrogens with one attached hydrogen (secondary N) is 1. The van der Waals surface area contributed by atoms with Crippen molar-refractivity contribution in [3.63, 3.8) is 0 Å². The van der Waals surface area contributed by atoms with Crippen LogP contribution >= 0.6 is 11.6 Å². The first-order chi connectivity index (χ1) is 12.5. The van der Waals surface area contributed by atoms with Crippen LogP contribution in [0.4, 0.5) is 5.69 Å². The molecule has 0 radical (unpaired) electrons. The van der Waals surface area contributed by atoms with Crippen LogP contribution in [0.1, 0.15) is 50.2 Å². The summed E-state index contributed by atoms with van der Waals surface area (Å²) in [7, 11) is 0. The van der Waals surface area contributed by atoms with Crippen molar-refractivity contribution in [3.05, 3.63) is 58.6 Å². The zero-order valence-corrected chi connectivity index (χ0v) is 16.6. The number of rotatable bonds is 9. The minimum atomic E-state index is -0.562. The Balaban J connectivity index is 2.08. The van der Waals surface area contributed by atoms with Crippen molar-refractivity contribution in [2.45, 2.75) is 59.0 Å². The lowest BCUT2D eigenvalue weighted by Gasteiger charge is -2.20. The summed E-state index contributed by atoms with van der Waals surface area (Å²) in [6.45, 7) is 6.16. The van der Waals surface area contributed by atoms with Gasteiger partial charge in [-0.15, -0.1) is 0 Å². The Hall–Kier alpha value is -2.00. The number of carbonyl (C=O) groups is 1. The minimum Gasteiger partial charge on any atom is -0.479 e. The quantitative estimate of drug-likeness (QED) is 0.523. The number of benzene rings is 2. The largest absolute Gasteiger partial charge is 0.479 e. The number of hydrogen-bond donors (Lipinski definition) is 1. The second-order valence-corrected chi connectivity index (χ2v) is 7.15. The van der Waals surface area contributed by atoms with Crippen molar-refractivity contribution >= 4 is 23.2 Å². The summed E-state index contributed by atoms with van der Waals surface area (Å²) >= 11 is 6.28. The summed E-state index contributed by atoms with van der Waals surface area (Å²) < 4.78 is 5.99. The predicted octanol–water partition coefficient (Wildman–Crippen LogP) is 6.31. The highest BCUT2D eigenvalue weighted by Gasteiger charge is 2.21. The van der Waals surface area contributed by atoms with Crippen molar-refractivity contribution in [3.8, 4) is 5.75 Å². The van der Waals surface area contributed by atoms with Gasteiger partial charge in [0, 0.05) is 5.69 Å². The monoisotopic (exact) mass is 373 g/mol. The van der Waals surface area contributed by atoms with Crippen molar-refractivity contribution in [1.82, 2.24) is 0 Å². The molecule has 1 atom stereocenters. The van der Waals surface area contributed by atoms with Gasteiger partial charge >= 0.3 is 0 Å². The summed E-state index contributed by atoms with van der Waals surface area (Å²) in [6, 6.07) is 13.4. The highest BCUT2D eigenvalue weighted by Crippen LogP contribution is 2.27. The van der Waals surface area contributed by atoms with Gasteiger partial charge in [-0.2, -0.15) is 0 Å². The number of aryl methyl sites for hydroxylation is 2. The molecule has 2 rings (SSSR count). The van der Waals surface area contributed by atoms with E-state index in [-0.39, 0.29) is 5.91 Å². The SMILES string of the molecule is CCCCCCC(Oc1ccc(C)cc1Cl)C(=O)Nc1ccc(C)cc1. The maximum Gasteiger partial charge on any atom is 0.265 e. The molecule has 0 spiro atoms. The average molecular weight is 374 g/mol. The number of unbranched alkanes of at least 4 members (excludes halogenated alkanes) is 3. The van der Waals surface area contributed by atoms with E-state index in [0.29, 0.717) is 17.2 Å². The van der Waals surface area contributed by atoms with Crippen molar-refractivity contribution in [2.75, 3.05) is 5.32 Å². The Morgan fingerprint density at radius 2 is 1.73 bits per heavy atom. The first-order valence-corrected chi connectivity index (χ1v) is 9.67. The molecule has 3 nitrogen and oxygen atoms in total. The fourth-order valence-electron chi connectivity index (χ4n) is 2.71. The lowest BCUT2D eigenvalue weighted by Crippen LogP contribution is -2.33. The third kappa shape index (κ3) is 6.38. The average Bonchev–Trinajstić information content (AvgIpc) is 2.61. The summed E-state index contributed by atoms with van der Waals surface area (Å²) in [6.07, 6.45) is 4.47. The highest BCUT2D eigenvalue weighted by atomic mass is 35.5. The van der Waals surface area contributed by atoms with Gasteiger partial charge in [0.25, 0.3) is 5.91 Å². The van der Waals surface area contributed by atoms with Crippen LogP contribution in [-0.2, 0) is 4.79 Å². The molecule has 0 fully saturated rings. The fourth-order valence-corrected chi connectivity index (χ4v) is 2.99. The molecule has 0 heterocycles. The molecule has 1 N–H and O–H groups in total. The van der Waals surface area contributed by atoms with Crippen LogP contribution in [0.2, 0.25) is 5.02 Å². The molecule has 0 bridgehead atoms. The van der Waals surface area contributed by atoms with E-state index in [0.717, 1.165) is 42.5 Å². The first-order valence-electron chi connectivity index (χ1n) is 9.30. The molecule has 0 aliphatic heterocycles. The molecule has 0 aliphatic rings. The smallest absolute Gasteiger partial charge is 0.265 e. The van der Waals surface area contributed by atoms with Crippen molar-refractivity contribution in [2.24, 2.45) is 0 Å². The normalized spacial score (nSPS) is 11.8. The molecule has 26 heavy (non-hydrogen) atoms. The van der Waals surface area contributed by atoms with Gasteiger partial charge in [-0.3, -0.25) is 4.79 Å². The van der Waals surface area contributed by atoms with Crippen LogP contribution in [0.25, 0.3) is 0 Å². The fraction of sp³-hybridized carbons (Fsp3) is 0.409. The van der Waals surface area contributed by atoms with E-state index in [9.17, 15) is 4.79 Å². The standard InChI is InChI=1S/C22H28ClNO2/c1-4-5-6-7-8-21(26-20-14-11-17(3)15-19(20)23)22(25)24-18-12-9-16(2)10-13-18/h9-15,21H,4-8H2,1-3H3,(H,24,25). The van der Waals surface area contributed by atoms with E-state index in [1.807, 2.05) is 56.3 Å². The Kier molecular flexibility index (Phi) is 7.99. The topological polar surface area (TPSA) is 38.3 Å². The first kappa shape index (κ1) is 20.3. The molecule has 0 saturated heterocycles. The molecule has 0 saturated carbocycles. The van der Waals surface area contributed by atoms with Gasteiger partial charge in [-0.1, -0.05) is 61.5 Å². The van der Waals surface area contributed by atoms with Crippen LogP contribution in [0.5, 0.6) is 5.75 Å². The van der Waals surface area contributed by atoms with Gasteiger partial charge in [0.1, 0.15) is 5.75 Å². The van der Waals surface area contributed by atoms with Crippen LogP contribution in [0, 0.1) is 13.8 Å².